The first-order valence-electron chi connectivity index (χ1n) is 27.4. The van der Waals surface area contributed by atoms with Gasteiger partial charge in [0.2, 0.25) is 5.95 Å². The second-order valence-electron chi connectivity index (χ2n) is 21.2. The SMILES string of the molecule is c1ccc(-n2c3ccccc3c3c(-c4cccc5c4c4ccccc4n5-c4ncc5c(n4)-c4cccc6c(-n7c8ccccc8c8c(-c9cccc%10c9c9ccccc9n%10-c9ccccc9)cccc87)ccc-5c46)cccc32)cc1. The van der Waals surface area contributed by atoms with Crippen LogP contribution in [-0.4, -0.2) is 28.2 Å². The zero-order valence-corrected chi connectivity index (χ0v) is 43.1. The molecule has 0 atom stereocenters. The van der Waals surface area contributed by atoms with E-state index in [9.17, 15) is 0 Å². The molecule has 0 saturated heterocycles. The Hall–Kier alpha value is -10.8. The molecular formula is C74H44N6. The van der Waals surface area contributed by atoms with Crippen molar-refractivity contribution in [3.8, 4) is 67.6 Å². The number of para-hydroxylation sites is 6. The van der Waals surface area contributed by atoms with Crippen LogP contribution in [0.2, 0.25) is 0 Å². The molecule has 0 amide bonds. The van der Waals surface area contributed by atoms with Gasteiger partial charge in [0.1, 0.15) is 0 Å². The minimum Gasteiger partial charge on any atom is -0.309 e. The van der Waals surface area contributed by atoms with Gasteiger partial charge < -0.3 is 13.7 Å². The lowest BCUT2D eigenvalue weighted by atomic mass is 9.95. The van der Waals surface area contributed by atoms with Crippen molar-refractivity contribution in [3.63, 3.8) is 0 Å². The van der Waals surface area contributed by atoms with Gasteiger partial charge >= 0.3 is 0 Å². The lowest BCUT2D eigenvalue weighted by Gasteiger charge is -2.14. The molecule has 0 radical (unpaired) electrons. The number of benzene rings is 12. The lowest BCUT2D eigenvalue weighted by molar-refractivity contribution is 0.996. The topological polar surface area (TPSA) is 45.5 Å². The Kier molecular flexibility index (Phi) is 8.85. The minimum absolute atomic E-state index is 0.646. The highest BCUT2D eigenvalue weighted by Gasteiger charge is 2.29. The molecule has 0 saturated carbocycles. The fourth-order valence-electron chi connectivity index (χ4n) is 14.1. The van der Waals surface area contributed by atoms with E-state index in [0.29, 0.717) is 5.95 Å². The predicted molar refractivity (Wildman–Crippen MR) is 332 cm³/mol. The van der Waals surface area contributed by atoms with E-state index in [1.165, 1.54) is 92.8 Å². The fourth-order valence-corrected chi connectivity index (χ4v) is 14.1. The molecule has 12 aromatic carbocycles. The molecule has 0 spiro atoms. The Morgan fingerprint density at radius 1 is 0.225 bits per heavy atom. The van der Waals surface area contributed by atoms with Gasteiger partial charge in [-0.3, -0.25) is 4.57 Å². The van der Waals surface area contributed by atoms with E-state index in [4.69, 9.17) is 9.97 Å². The third kappa shape index (κ3) is 5.80. The van der Waals surface area contributed by atoms with Crippen molar-refractivity contribution in [1.82, 2.24) is 28.2 Å². The first-order valence-corrected chi connectivity index (χ1v) is 27.4. The van der Waals surface area contributed by atoms with Gasteiger partial charge in [-0.1, -0.05) is 182 Å². The van der Waals surface area contributed by atoms with Crippen LogP contribution in [0.5, 0.6) is 0 Å². The molecule has 370 valence electrons. The van der Waals surface area contributed by atoms with Crippen molar-refractivity contribution < 1.29 is 0 Å². The standard InChI is InChI=1S/C74H44N6/c1-3-20-45(21-4-1)77-59-34-11-7-24-53(59)69-47(28-16-38-64(69)77)49-30-18-40-66-71(49)55-26-9-13-36-61(55)79(66)63-43-42-51-58-44-75-74(76-73(58)57-33-15-32-52(63)68(51)57)80-62-37-14-10-27-56(62)72-50(31-19-41-67(72)80)48-29-17-39-65-70(48)54-25-8-12-35-60(54)78(65)46-22-5-2-6-23-46/h1-44H. The van der Waals surface area contributed by atoms with Gasteiger partial charge in [0, 0.05) is 82.6 Å². The summed E-state index contributed by atoms with van der Waals surface area (Å²) in [7, 11) is 0. The summed E-state index contributed by atoms with van der Waals surface area (Å²) in [5.74, 6) is 0.646. The average molecular weight is 1020 g/mol. The van der Waals surface area contributed by atoms with Gasteiger partial charge in [0.15, 0.2) is 0 Å². The van der Waals surface area contributed by atoms with Crippen LogP contribution in [-0.2, 0) is 0 Å². The molecule has 6 heteroatoms. The first kappa shape index (κ1) is 43.3. The maximum Gasteiger partial charge on any atom is 0.235 e. The zero-order chi connectivity index (χ0) is 52.2. The average Bonchev–Trinajstić information content (AvgIpc) is 4.36. The predicted octanol–water partition coefficient (Wildman–Crippen LogP) is 19.0. The van der Waals surface area contributed by atoms with E-state index < -0.39 is 0 Å². The molecule has 80 heavy (non-hydrogen) atoms. The van der Waals surface area contributed by atoms with Crippen molar-refractivity contribution in [2.75, 3.05) is 0 Å². The van der Waals surface area contributed by atoms with Gasteiger partial charge in [0.25, 0.3) is 0 Å². The Morgan fingerprint density at radius 3 is 1.06 bits per heavy atom. The summed E-state index contributed by atoms with van der Waals surface area (Å²) in [6.45, 7) is 0. The number of nitrogens with zero attached hydrogens (tertiary/aromatic N) is 6. The van der Waals surface area contributed by atoms with E-state index in [2.05, 4.69) is 285 Å². The summed E-state index contributed by atoms with van der Waals surface area (Å²) < 4.78 is 9.56. The fraction of sp³-hybridized carbons (Fsp3) is 0. The van der Waals surface area contributed by atoms with Crippen molar-refractivity contribution >= 4 is 98.0 Å². The summed E-state index contributed by atoms with van der Waals surface area (Å²) >= 11 is 0. The summed E-state index contributed by atoms with van der Waals surface area (Å²) in [5.41, 5.74) is 21.7. The van der Waals surface area contributed by atoms with Gasteiger partial charge in [-0.05, 0) is 107 Å². The Balaban J connectivity index is 0.809. The summed E-state index contributed by atoms with van der Waals surface area (Å²) in [5, 5.41) is 12.1. The van der Waals surface area contributed by atoms with E-state index in [0.717, 1.165) is 66.9 Å². The number of rotatable bonds is 6. The highest BCUT2D eigenvalue weighted by atomic mass is 15.2. The molecule has 0 unspecified atom stereocenters. The lowest BCUT2D eigenvalue weighted by Crippen LogP contribution is -2.02. The molecule has 5 heterocycles. The van der Waals surface area contributed by atoms with Gasteiger partial charge in [0.05, 0.1) is 55.5 Å². The van der Waals surface area contributed by atoms with Crippen LogP contribution < -0.4 is 0 Å². The molecule has 18 rings (SSSR count). The monoisotopic (exact) mass is 1020 g/mol. The molecule has 5 aromatic heterocycles. The molecule has 1 aliphatic carbocycles. The second kappa shape index (κ2) is 16.4. The Morgan fingerprint density at radius 2 is 0.575 bits per heavy atom. The maximum atomic E-state index is 5.61. The van der Waals surface area contributed by atoms with Crippen LogP contribution in [0, 0.1) is 0 Å². The summed E-state index contributed by atoms with van der Waals surface area (Å²) in [6, 6.07) is 95.1. The molecule has 0 bridgehead atoms. The van der Waals surface area contributed by atoms with Crippen LogP contribution in [0.4, 0.5) is 0 Å². The highest BCUT2D eigenvalue weighted by Crippen LogP contribution is 2.51. The molecule has 6 nitrogen and oxygen atoms in total. The molecule has 1 aliphatic rings. The van der Waals surface area contributed by atoms with Crippen LogP contribution in [0.25, 0.3) is 166 Å². The quantitative estimate of drug-likeness (QED) is 0.167. The van der Waals surface area contributed by atoms with Crippen molar-refractivity contribution in [2.45, 2.75) is 0 Å². The number of fused-ring (bicyclic) bond motifs is 15. The van der Waals surface area contributed by atoms with Crippen LogP contribution in [0.1, 0.15) is 0 Å². The minimum atomic E-state index is 0.646. The van der Waals surface area contributed by atoms with E-state index in [1.807, 2.05) is 0 Å². The first-order chi connectivity index (χ1) is 39.8. The second-order valence-corrected chi connectivity index (χ2v) is 21.2. The van der Waals surface area contributed by atoms with Crippen LogP contribution >= 0.6 is 0 Å². The number of aromatic nitrogens is 6. The zero-order valence-electron chi connectivity index (χ0n) is 43.1. The van der Waals surface area contributed by atoms with E-state index in [-0.39, 0.29) is 0 Å². The number of hydrogen-bond acceptors (Lipinski definition) is 2. The van der Waals surface area contributed by atoms with Crippen LogP contribution in [0.3, 0.4) is 0 Å². The molecule has 17 aromatic rings. The maximum absolute atomic E-state index is 5.61. The van der Waals surface area contributed by atoms with Crippen molar-refractivity contribution in [2.24, 2.45) is 0 Å². The number of hydrogen-bond donors (Lipinski definition) is 0. The summed E-state index contributed by atoms with van der Waals surface area (Å²) in [6.07, 6.45) is 2.05. The molecule has 0 fully saturated rings. The van der Waals surface area contributed by atoms with E-state index >= 15 is 0 Å². The smallest absolute Gasteiger partial charge is 0.235 e. The van der Waals surface area contributed by atoms with E-state index in [1.54, 1.807) is 0 Å². The third-order valence-electron chi connectivity index (χ3n) is 17.2. The molecule has 0 N–H and O–H groups in total. The van der Waals surface area contributed by atoms with Crippen molar-refractivity contribution in [1.29, 1.82) is 0 Å². The van der Waals surface area contributed by atoms with Gasteiger partial charge in [-0.15, -0.1) is 0 Å². The van der Waals surface area contributed by atoms with Crippen LogP contribution in [0.15, 0.2) is 267 Å². The van der Waals surface area contributed by atoms with Crippen molar-refractivity contribution in [3.05, 3.63) is 267 Å². The Bertz CT molecular complexity index is 5480. The largest absolute Gasteiger partial charge is 0.309 e. The molecular weight excluding hydrogens is 973 g/mol. The van der Waals surface area contributed by atoms with Gasteiger partial charge in [-0.25, -0.2) is 9.97 Å². The van der Waals surface area contributed by atoms with Gasteiger partial charge in [-0.2, -0.15) is 0 Å². The Labute approximate surface area is 458 Å². The summed E-state index contributed by atoms with van der Waals surface area (Å²) in [4.78, 5) is 10.9. The third-order valence-corrected chi connectivity index (χ3v) is 17.2. The highest BCUT2D eigenvalue weighted by molar-refractivity contribution is 6.25. The molecule has 0 aliphatic heterocycles. The normalized spacial score (nSPS) is 12.2.